The van der Waals surface area contributed by atoms with Crippen LogP contribution < -0.4 is 42.7 Å². The SMILES string of the molecule is COC(=O)CC[C@@H](CC(=O)N[C@H](CC(=O)N[C@@H](C)CC(=O)N[C@@H](C)CC(=O)N[C@@H](CCC(=O)OC)CC(=O)OC)C(C)C)NC(=O)C[C@@H](NC(=O)C[C@H](C)[NH3+])C(C)C.O=C([O-])C(F)(F)F. The highest BCUT2D eigenvalue weighted by atomic mass is 19.4. The van der Waals surface area contributed by atoms with Gasteiger partial charge in [0.2, 0.25) is 35.4 Å². The molecule has 0 aliphatic carbocycles. The van der Waals surface area contributed by atoms with Crippen molar-refractivity contribution < 1.29 is 86.2 Å². The minimum atomic E-state index is -5.19. The first kappa shape index (κ1) is 61.5. The summed E-state index contributed by atoms with van der Waals surface area (Å²) < 4.78 is 45.6. The Morgan fingerprint density at radius 1 is 0.477 bits per heavy atom. The van der Waals surface area contributed by atoms with Gasteiger partial charge in [-0.3, -0.25) is 43.2 Å². The summed E-state index contributed by atoms with van der Waals surface area (Å²) >= 11 is 0. The second kappa shape index (κ2) is 32.2. The van der Waals surface area contributed by atoms with Gasteiger partial charge in [0, 0.05) is 81.2 Å². The predicted molar refractivity (Wildman–Crippen MR) is 223 cm³/mol. The predicted octanol–water partition coefficient (Wildman–Crippen LogP) is -1.01. The molecule has 0 aromatic carbocycles. The van der Waals surface area contributed by atoms with Gasteiger partial charge in [0.1, 0.15) is 5.97 Å². The van der Waals surface area contributed by atoms with Gasteiger partial charge in [-0.05, 0) is 45.4 Å². The second-order valence-electron chi connectivity index (χ2n) is 16.4. The molecule has 0 aromatic rings. The van der Waals surface area contributed by atoms with Crippen LogP contribution in [0.3, 0.4) is 0 Å². The Labute approximate surface area is 377 Å². The summed E-state index contributed by atoms with van der Waals surface area (Å²) in [4.78, 5) is 121. The number of carboxylic acid groups (broad SMARTS) is 1. The fourth-order valence-corrected chi connectivity index (χ4v) is 5.80. The number of ether oxygens (including phenoxy) is 3. The van der Waals surface area contributed by atoms with Crippen molar-refractivity contribution in [3.8, 4) is 0 Å². The quantitative estimate of drug-likeness (QED) is 0.0365. The third-order valence-corrected chi connectivity index (χ3v) is 9.33. The van der Waals surface area contributed by atoms with Crippen LogP contribution in [0.2, 0.25) is 0 Å². The lowest BCUT2D eigenvalue weighted by Gasteiger charge is -2.26. The summed E-state index contributed by atoms with van der Waals surface area (Å²) in [6.07, 6.45) is -5.46. The maximum absolute atomic E-state index is 13.3. The Bertz CT molecular complexity index is 1580. The van der Waals surface area contributed by atoms with Gasteiger partial charge in [-0.1, -0.05) is 27.7 Å². The number of carboxylic acids is 1. The molecule has 6 amide bonds. The summed E-state index contributed by atoms with van der Waals surface area (Å²) in [6.45, 7) is 12.5. The van der Waals surface area contributed by atoms with E-state index in [4.69, 9.17) is 14.6 Å². The number of methoxy groups -OCH3 is 3. The maximum Gasteiger partial charge on any atom is 0.430 e. The molecule has 0 aromatic heterocycles. The molecule has 0 aliphatic heterocycles. The van der Waals surface area contributed by atoms with E-state index in [2.05, 4.69) is 47.1 Å². The third-order valence-electron chi connectivity index (χ3n) is 9.33. The molecule has 21 nitrogen and oxygen atoms in total. The molecule has 0 heterocycles. The van der Waals surface area contributed by atoms with Crippen molar-refractivity contribution in [2.75, 3.05) is 21.3 Å². The van der Waals surface area contributed by atoms with Crippen molar-refractivity contribution in [1.82, 2.24) is 31.9 Å². The van der Waals surface area contributed by atoms with Gasteiger partial charge in [-0.15, -0.1) is 0 Å². The number of nitrogens with one attached hydrogen (secondary N) is 6. The van der Waals surface area contributed by atoms with Crippen LogP contribution in [-0.4, -0.2) is 129 Å². The van der Waals surface area contributed by atoms with E-state index in [9.17, 15) is 56.3 Å². The third kappa shape index (κ3) is 31.9. The van der Waals surface area contributed by atoms with Gasteiger partial charge in [-0.25, -0.2) is 0 Å². The maximum atomic E-state index is 13.3. The van der Waals surface area contributed by atoms with E-state index >= 15 is 0 Å². The highest BCUT2D eigenvalue weighted by molar-refractivity contribution is 5.84. The first-order valence-electron chi connectivity index (χ1n) is 21.1. The molecule has 0 bridgehead atoms. The van der Waals surface area contributed by atoms with Crippen LogP contribution in [0.5, 0.6) is 0 Å². The molecule has 0 saturated heterocycles. The monoisotopic (exact) mass is 941 g/mol. The molecule has 9 N–H and O–H groups in total. The van der Waals surface area contributed by atoms with Crippen molar-refractivity contribution in [1.29, 1.82) is 0 Å². The van der Waals surface area contributed by atoms with Crippen molar-refractivity contribution in [3.05, 3.63) is 0 Å². The number of aliphatic carboxylic acids is 1. The van der Waals surface area contributed by atoms with E-state index in [1.54, 1.807) is 13.8 Å². The lowest BCUT2D eigenvalue weighted by Crippen LogP contribution is -2.60. The van der Waals surface area contributed by atoms with Crippen LogP contribution in [0.25, 0.3) is 0 Å². The van der Waals surface area contributed by atoms with E-state index in [0.29, 0.717) is 0 Å². The number of carbonyl (C=O) groups is 10. The number of quaternary nitrogens is 1. The van der Waals surface area contributed by atoms with Gasteiger partial charge in [0.15, 0.2) is 0 Å². The van der Waals surface area contributed by atoms with Gasteiger partial charge in [-0.2, -0.15) is 13.2 Å². The van der Waals surface area contributed by atoms with E-state index in [0.717, 1.165) is 0 Å². The number of esters is 3. The van der Waals surface area contributed by atoms with Gasteiger partial charge in [0.05, 0.1) is 40.2 Å². The summed E-state index contributed by atoms with van der Waals surface area (Å²) in [5.41, 5.74) is 3.83. The molecule has 0 unspecified atom stereocenters. The summed E-state index contributed by atoms with van der Waals surface area (Å²) in [5.74, 6) is -7.18. The first-order valence-corrected chi connectivity index (χ1v) is 21.1. The molecule has 65 heavy (non-hydrogen) atoms. The summed E-state index contributed by atoms with van der Waals surface area (Å²) in [5, 5.41) is 25.5. The van der Waals surface area contributed by atoms with E-state index in [-0.39, 0.29) is 94.4 Å². The lowest BCUT2D eigenvalue weighted by molar-refractivity contribution is -0.412. The van der Waals surface area contributed by atoms with E-state index in [1.807, 2.05) is 34.6 Å². The van der Waals surface area contributed by atoms with Crippen LogP contribution in [0.1, 0.15) is 119 Å². The minimum absolute atomic E-state index is 0.0162. The van der Waals surface area contributed by atoms with Crippen LogP contribution in [0.15, 0.2) is 0 Å². The van der Waals surface area contributed by atoms with E-state index < -0.39 is 95.8 Å². The average molecular weight is 942 g/mol. The lowest BCUT2D eigenvalue weighted by atomic mass is 9.98. The standard InChI is InChI=1S/C39H69N7O12.C2HF3O2/c1-22(2)29(46-34(50)18-27(11-13-37(53)56-8)43-36(52)21-30(23(3)4)45-31(47)15-24(5)40)20-35(51)42-25(6)16-32(48)41-26(7)17-33(49)44-28(19-39(55)58-10)12-14-38(54)57-9;3-2(4,5)1(6)7/h22-30H,11-21,40H2,1-10H3,(H,41,48)(H,42,51)(H,43,52)(H,44,49)(H,45,47)(H,46,50);(H,6,7)/t24-,25-,26-,27-,28-,29+,30+;/m0./s1. The fraction of sp³-hybridized carbons (Fsp3) is 0.756. The zero-order valence-corrected chi connectivity index (χ0v) is 39.0. The largest absolute Gasteiger partial charge is 0.542 e. The molecule has 7 atom stereocenters. The number of amides is 6. The normalized spacial score (nSPS) is 14.3. The van der Waals surface area contributed by atoms with Crippen molar-refractivity contribution in [2.24, 2.45) is 11.8 Å². The Kier molecular flexibility index (Phi) is 30.4. The zero-order valence-electron chi connectivity index (χ0n) is 39.0. The van der Waals surface area contributed by atoms with Crippen molar-refractivity contribution in [2.45, 2.75) is 168 Å². The first-order chi connectivity index (χ1) is 30.0. The van der Waals surface area contributed by atoms with E-state index in [1.165, 1.54) is 21.3 Å². The topological polar surface area (TPSA) is 321 Å². The Morgan fingerprint density at radius 2 is 0.785 bits per heavy atom. The van der Waals surface area contributed by atoms with Gasteiger partial charge in [0.25, 0.3) is 0 Å². The Hall–Kier alpha value is -5.55. The van der Waals surface area contributed by atoms with Crippen LogP contribution >= 0.6 is 0 Å². The van der Waals surface area contributed by atoms with Crippen molar-refractivity contribution >= 4 is 59.3 Å². The number of hydrogen-bond donors (Lipinski definition) is 7. The molecule has 0 rings (SSSR count). The highest BCUT2D eigenvalue weighted by Crippen LogP contribution is 2.13. The Balaban J connectivity index is 0. The summed E-state index contributed by atoms with van der Waals surface area (Å²) in [6, 6.07) is -3.77. The van der Waals surface area contributed by atoms with Crippen LogP contribution in [-0.2, 0) is 62.2 Å². The number of carbonyl (C=O) groups excluding carboxylic acids is 10. The average Bonchev–Trinajstić information content (AvgIpc) is 3.16. The second-order valence-corrected chi connectivity index (χ2v) is 16.4. The molecule has 374 valence electrons. The smallest absolute Gasteiger partial charge is 0.430 e. The molecule has 0 saturated carbocycles. The molecule has 0 fully saturated rings. The number of alkyl halides is 3. The minimum Gasteiger partial charge on any atom is -0.542 e. The van der Waals surface area contributed by atoms with Crippen LogP contribution in [0, 0.1) is 11.8 Å². The fourth-order valence-electron chi connectivity index (χ4n) is 5.80. The molecular weight excluding hydrogens is 871 g/mol. The molecule has 24 heteroatoms. The molecule has 0 radical (unpaired) electrons. The van der Waals surface area contributed by atoms with Gasteiger partial charge < -0.3 is 61.7 Å². The zero-order chi connectivity index (χ0) is 50.6. The summed E-state index contributed by atoms with van der Waals surface area (Å²) in [7, 11) is 3.69. The number of halogens is 3. The Morgan fingerprint density at radius 3 is 1.12 bits per heavy atom. The molecule has 0 aliphatic rings. The van der Waals surface area contributed by atoms with Crippen LogP contribution in [0.4, 0.5) is 13.2 Å². The van der Waals surface area contributed by atoms with Crippen molar-refractivity contribution in [3.63, 3.8) is 0 Å². The molecular formula is C41H70F3N7O14. The number of rotatable bonds is 28. The van der Waals surface area contributed by atoms with Gasteiger partial charge >= 0.3 is 24.1 Å². The highest BCUT2D eigenvalue weighted by Gasteiger charge is 2.29. The molecule has 0 spiro atoms. The number of hydrogen-bond acceptors (Lipinski definition) is 14.